The van der Waals surface area contributed by atoms with Crippen molar-refractivity contribution in [2.45, 2.75) is 0 Å². The molecule has 7 heteroatoms. The smallest absolute Gasteiger partial charge is 0.240 e. The highest BCUT2D eigenvalue weighted by molar-refractivity contribution is 7.20. The van der Waals surface area contributed by atoms with Gasteiger partial charge in [0.05, 0.1) is 60.7 Å². The molecule has 4 aromatic heterocycles. The number of para-hydroxylation sites is 6. The molecule has 14 rings (SSSR count). The Kier molecular flexibility index (Phi) is 6.16. The lowest BCUT2D eigenvalue weighted by molar-refractivity contribution is 0.892. The SMILES string of the molecule is [2H]c1c([2H])c([2H])c2c(c1[2H])c1c([2H])c([2H])c([2H])c([2H])c1n2-c1nc(-c2ccccc2-n2c3c([2H])c([2H])c([2H])c([2H])c3c3c([2H])c([2H])c([2H])c([2H])c32)nc(-n2c3ccccc3c3ccc([Si](c4ccccc4)(c4ccccc4)c4ccccc4)cc32)n1. The number of rotatable bonds is 8. The summed E-state index contributed by atoms with van der Waals surface area (Å²) in [4.78, 5) is 15.7. The highest BCUT2D eigenvalue weighted by atomic mass is 28.3. The van der Waals surface area contributed by atoms with Gasteiger partial charge in [-0.3, -0.25) is 9.13 Å². The quantitative estimate of drug-likeness (QED) is 0.113. The largest absolute Gasteiger partial charge is 0.309 e. The molecule has 0 saturated heterocycles. The normalized spacial score (nSPS) is 15.2. The first kappa shape index (κ1) is 27.0. The van der Waals surface area contributed by atoms with Crippen molar-refractivity contribution < 1.29 is 21.9 Å². The van der Waals surface area contributed by atoms with Crippen molar-refractivity contribution >= 4 is 94.2 Å². The Bertz CT molecular complexity index is 5020. The second-order valence-electron chi connectivity index (χ2n) is 16.8. The molecule has 0 radical (unpaired) electrons. The fraction of sp³-hybridized carbons (Fsp3) is 0. The van der Waals surface area contributed by atoms with Gasteiger partial charge in [0.1, 0.15) is 0 Å². The lowest BCUT2D eigenvalue weighted by Crippen LogP contribution is -2.74. The first-order valence-electron chi connectivity index (χ1n) is 30.5. The van der Waals surface area contributed by atoms with E-state index in [-0.39, 0.29) is 72.6 Å². The molecule has 0 atom stereocenters. The summed E-state index contributed by atoms with van der Waals surface area (Å²) >= 11 is 0. The van der Waals surface area contributed by atoms with Gasteiger partial charge < -0.3 is 4.57 Å². The standard InChI is InChI=1S/C63H42N6Si/c1-4-22-43(23-5-1)70(44-24-6-2-7-25-44,45-26-8-3-9-27-45)46-40-41-52-51-32-14-20-38-58(51)69(60(52)42-46)63-65-61(64-62(66-63)68-56-36-18-12-30-49(56)50-31-13-19-37-57(50)68)53-33-15-21-39-59(53)67-54-34-16-10-28-47(54)48-29-11-17-35-55(48)67/h1-42H/i10D,11D,12D,13D,16D,17D,18D,19D,28D,29D,30D,31D,34D,35D,36D,37D. The fourth-order valence-corrected chi connectivity index (χ4v) is 15.1. The number of hydrogen-bond acceptors (Lipinski definition) is 3. The van der Waals surface area contributed by atoms with Gasteiger partial charge in [-0.25, -0.2) is 0 Å². The predicted octanol–water partition coefficient (Wildman–Crippen LogP) is 12.2. The van der Waals surface area contributed by atoms with E-state index in [1.54, 1.807) is 24.3 Å². The lowest BCUT2D eigenvalue weighted by atomic mass is 10.1. The average Bonchev–Trinajstić information content (AvgIpc) is 1.57. The van der Waals surface area contributed by atoms with Crippen LogP contribution in [0.5, 0.6) is 0 Å². The Morgan fingerprint density at radius 3 is 1.26 bits per heavy atom. The zero-order valence-corrected chi connectivity index (χ0v) is 37.7. The molecule has 10 aromatic carbocycles. The molecule has 0 aliphatic heterocycles. The summed E-state index contributed by atoms with van der Waals surface area (Å²) in [6.07, 6.45) is 0. The molecule has 0 N–H and O–H groups in total. The molecule has 0 spiro atoms. The molecule has 14 aromatic rings. The maximum absolute atomic E-state index is 9.51. The van der Waals surface area contributed by atoms with Crippen LogP contribution in [0.1, 0.15) is 21.9 Å². The van der Waals surface area contributed by atoms with Crippen LogP contribution >= 0.6 is 0 Å². The fourth-order valence-electron chi connectivity index (χ4n) is 10.3. The molecule has 0 aliphatic rings. The van der Waals surface area contributed by atoms with E-state index in [1.807, 2.05) is 83.4 Å². The van der Waals surface area contributed by atoms with E-state index in [2.05, 4.69) is 54.6 Å². The molecule has 0 unspecified atom stereocenters. The molecule has 4 heterocycles. The zero-order valence-electron chi connectivity index (χ0n) is 52.7. The first-order chi connectivity index (χ1) is 41.4. The van der Waals surface area contributed by atoms with Crippen molar-refractivity contribution in [3.05, 3.63) is 254 Å². The van der Waals surface area contributed by atoms with Crippen molar-refractivity contribution in [3.63, 3.8) is 0 Å². The van der Waals surface area contributed by atoms with Gasteiger partial charge in [-0.15, -0.1) is 0 Å². The predicted molar refractivity (Wildman–Crippen MR) is 292 cm³/mol. The third kappa shape index (κ3) is 5.95. The molecule has 0 aliphatic carbocycles. The minimum atomic E-state index is -3.25. The molecule has 6 nitrogen and oxygen atoms in total. The highest BCUT2D eigenvalue weighted by Gasteiger charge is 2.41. The minimum absolute atomic E-state index is 0.0720. The zero-order chi connectivity index (χ0) is 60.1. The maximum Gasteiger partial charge on any atom is 0.240 e. The number of aromatic nitrogens is 6. The van der Waals surface area contributed by atoms with Gasteiger partial charge in [0.25, 0.3) is 0 Å². The van der Waals surface area contributed by atoms with E-state index in [1.165, 1.54) is 9.13 Å². The minimum Gasteiger partial charge on any atom is -0.309 e. The van der Waals surface area contributed by atoms with E-state index < -0.39 is 105 Å². The first-order valence-corrected chi connectivity index (χ1v) is 24.5. The van der Waals surface area contributed by atoms with Crippen LogP contribution in [-0.4, -0.2) is 36.7 Å². The van der Waals surface area contributed by atoms with Crippen molar-refractivity contribution in [2.24, 2.45) is 0 Å². The maximum atomic E-state index is 9.51. The van der Waals surface area contributed by atoms with Gasteiger partial charge >= 0.3 is 0 Å². The molecule has 0 fully saturated rings. The average molecular weight is 927 g/mol. The molecular formula is C63H42N6Si. The topological polar surface area (TPSA) is 53.5 Å². The molecule has 328 valence electrons. The van der Waals surface area contributed by atoms with E-state index in [0.717, 1.165) is 31.5 Å². The summed E-state index contributed by atoms with van der Waals surface area (Å²) < 4.78 is 150. The molecular weight excluding hydrogens is 869 g/mol. The lowest BCUT2D eigenvalue weighted by Gasteiger charge is -2.34. The van der Waals surface area contributed by atoms with E-state index in [4.69, 9.17) is 25.9 Å². The van der Waals surface area contributed by atoms with Crippen molar-refractivity contribution in [1.82, 2.24) is 28.7 Å². The van der Waals surface area contributed by atoms with Gasteiger partial charge in [0.2, 0.25) is 11.9 Å². The highest BCUT2D eigenvalue weighted by Crippen LogP contribution is 2.38. The molecule has 0 amide bonds. The van der Waals surface area contributed by atoms with Crippen LogP contribution < -0.4 is 20.7 Å². The van der Waals surface area contributed by atoms with Gasteiger partial charge in [-0.2, -0.15) is 15.0 Å². The molecule has 0 bridgehead atoms. The van der Waals surface area contributed by atoms with Crippen LogP contribution in [0.25, 0.3) is 94.4 Å². The van der Waals surface area contributed by atoms with Crippen LogP contribution in [0, 0.1) is 0 Å². The van der Waals surface area contributed by atoms with Crippen LogP contribution in [0.15, 0.2) is 254 Å². The van der Waals surface area contributed by atoms with Gasteiger partial charge in [0.15, 0.2) is 13.9 Å². The Hall–Kier alpha value is -9.17. The van der Waals surface area contributed by atoms with Crippen molar-refractivity contribution in [3.8, 4) is 29.0 Å². The monoisotopic (exact) mass is 926 g/mol. The Balaban J connectivity index is 1.17. The summed E-state index contributed by atoms with van der Waals surface area (Å²) in [6, 6.07) is 41.9. The summed E-state index contributed by atoms with van der Waals surface area (Å²) in [5.41, 5.74) is 0.564. The molecule has 0 saturated carbocycles. The van der Waals surface area contributed by atoms with Crippen molar-refractivity contribution in [2.75, 3.05) is 0 Å². The van der Waals surface area contributed by atoms with E-state index >= 15 is 0 Å². The summed E-state index contributed by atoms with van der Waals surface area (Å²) in [6.45, 7) is 0. The van der Waals surface area contributed by atoms with Crippen LogP contribution in [-0.2, 0) is 0 Å². The number of fused-ring (bicyclic) bond motifs is 9. The number of nitrogens with zero attached hydrogens (tertiary/aromatic N) is 6. The van der Waals surface area contributed by atoms with Gasteiger partial charge in [-0.05, 0) is 69.2 Å². The third-order valence-corrected chi connectivity index (χ3v) is 18.0. The third-order valence-electron chi connectivity index (χ3n) is 13.2. The van der Waals surface area contributed by atoms with Gasteiger partial charge in [0, 0.05) is 37.9 Å². The van der Waals surface area contributed by atoms with Crippen molar-refractivity contribution in [1.29, 1.82) is 0 Å². The Morgan fingerprint density at radius 2 is 0.729 bits per heavy atom. The van der Waals surface area contributed by atoms with E-state index in [9.17, 15) is 11.0 Å². The number of hydrogen-bond donors (Lipinski definition) is 0. The van der Waals surface area contributed by atoms with Crippen LogP contribution in [0.2, 0.25) is 0 Å². The van der Waals surface area contributed by atoms with E-state index in [0.29, 0.717) is 11.0 Å². The summed E-state index contributed by atoms with van der Waals surface area (Å²) in [7, 11) is -3.25. The second-order valence-corrected chi connectivity index (χ2v) is 20.6. The number of benzene rings is 10. The van der Waals surface area contributed by atoms with Crippen LogP contribution in [0.3, 0.4) is 0 Å². The Morgan fingerprint density at radius 1 is 0.314 bits per heavy atom. The van der Waals surface area contributed by atoms with Gasteiger partial charge in [-0.1, -0.05) is 206 Å². The Labute approximate surface area is 427 Å². The van der Waals surface area contributed by atoms with Crippen LogP contribution in [0.4, 0.5) is 0 Å². The second kappa shape index (κ2) is 16.0. The summed E-state index contributed by atoms with van der Waals surface area (Å²) in [5.74, 6) is -0.598. The molecule has 70 heavy (non-hydrogen) atoms. The summed E-state index contributed by atoms with van der Waals surface area (Å²) in [5, 5.41) is 5.08.